The standard InChI is InChI=1S/C14H18BrNO4S/c15-10-1-3-11(4-2-10)21(17,18)13-9-14(6-5-12(13)16)19-7-8-20-14/h1-4,12-13H,5-9,16H2. The Labute approximate surface area is 132 Å². The van der Waals surface area contributed by atoms with Crippen LogP contribution in [0.2, 0.25) is 0 Å². The zero-order chi connectivity index (χ0) is 15.1. The molecule has 1 saturated heterocycles. The lowest BCUT2D eigenvalue weighted by Gasteiger charge is -2.39. The Morgan fingerprint density at radius 2 is 1.81 bits per heavy atom. The van der Waals surface area contributed by atoms with Gasteiger partial charge in [-0.3, -0.25) is 0 Å². The van der Waals surface area contributed by atoms with Crippen LogP contribution >= 0.6 is 15.9 Å². The Balaban J connectivity index is 1.91. The average Bonchev–Trinajstić information content (AvgIpc) is 2.91. The summed E-state index contributed by atoms with van der Waals surface area (Å²) in [5.41, 5.74) is 6.08. The van der Waals surface area contributed by atoms with Gasteiger partial charge in [-0.05, 0) is 30.7 Å². The van der Waals surface area contributed by atoms with Crippen LogP contribution < -0.4 is 5.73 Å². The van der Waals surface area contributed by atoms with Gasteiger partial charge in [0.25, 0.3) is 0 Å². The fourth-order valence-corrected chi connectivity index (χ4v) is 5.23. The van der Waals surface area contributed by atoms with Crippen molar-refractivity contribution in [2.24, 2.45) is 5.73 Å². The van der Waals surface area contributed by atoms with Gasteiger partial charge in [0, 0.05) is 23.4 Å². The van der Waals surface area contributed by atoms with E-state index in [1.807, 2.05) is 0 Å². The first-order chi connectivity index (χ1) is 9.93. The van der Waals surface area contributed by atoms with Gasteiger partial charge >= 0.3 is 0 Å². The maximum Gasteiger partial charge on any atom is 0.182 e. The van der Waals surface area contributed by atoms with Crippen molar-refractivity contribution in [3.8, 4) is 0 Å². The van der Waals surface area contributed by atoms with Crippen molar-refractivity contribution < 1.29 is 17.9 Å². The van der Waals surface area contributed by atoms with E-state index in [2.05, 4.69) is 15.9 Å². The molecule has 2 atom stereocenters. The average molecular weight is 376 g/mol. The van der Waals surface area contributed by atoms with Gasteiger partial charge in [-0.15, -0.1) is 0 Å². The van der Waals surface area contributed by atoms with Crippen molar-refractivity contribution in [3.05, 3.63) is 28.7 Å². The van der Waals surface area contributed by atoms with Crippen LogP contribution in [0, 0.1) is 0 Å². The Kier molecular flexibility index (Phi) is 4.13. The molecule has 7 heteroatoms. The second kappa shape index (κ2) is 5.62. The van der Waals surface area contributed by atoms with E-state index in [0.717, 1.165) is 4.47 Å². The van der Waals surface area contributed by atoms with Gasteiger partial charge in [-0.25, -0.2) is 8.42 Å². The molecule has 5 nitrogen and oxygen atoms in total. The lowest BCUT2D eigenvalue weighted by Crippen LogP contribution is -2.52. The summed E-state index contributed by atoms with van der Waals surface area (Å²) in [5.74, 6) is -0.761. The molecule has 0 amide bonds. The second-order valence-corrected chi connectivity index (χ2v) is 8.63. The fraction of sp³-hybridized carbons (Fsp3) is 0.571. The molecule has 2 fully saturated rings. The SMILES string of the molecule is NC1CCC2(CC1S(=O)(=O)c1ccc(Br)cc1)OCCO2. The molecule has 0 bridgehead atoms. The summed E-state index contributed by atoms with van der Waals surface area (Å²) in [6, 6.07) is 6.25. The first kappa shape index (κ1) is 15.4. The molecule has 1 spiro atoms. The summed E-state index contributed by atoms with van der Waals surface area (Å²) >= 11 is 3.31. The molecule has 1 heterocycles. The monoisotopic (exact) mass is 375 g/mol. The topological polar surface area (TPSA) is 78.6 Å². The number of halogens is 1. The van der Waals surface area contributed by atoms with Crippen LogP contribution in [0.25, 0.3) is 0 Å². The quantitative estimate of drug-likeness (QED) is 0.852. The van der Waals surface area contributed by atoms with Crippen LogP contribution in [-0.2, 0) is 19.3 Å². The maximum absolute atomic E-state index is 12.8. The lowest BCUT2D eigenvalue weighted by atomic mass is 9.90. The van der Waals surface area contributed by atoms with Gasteiger partial charge < -0.3 is 15.2 Å². The molecule has 2 N–H and O–H groups in total. The zero-order valence-electron chi connectivity index (χ0n) is 11.5. The molecule has 1 aromatic rings. The first-order valence-electron chi connectivity index (χ1n) is 6.96. The second-order valence-electron chi connectivity index (χ2n) is 5.55. The fourth-order valence-electron chi connectivity index (χ4n) is 3.03. The summed E-state index contributed by atoms with van der Waals surface area (Å²) < 4.78 is 37.8. The third-order valence-electron chi connectivity index (χ3n) is 4.20. The lowest BCUT2D eigenvalue weighted by molar-refractivity contribution is -0.177. The van der Waals surface area contributed by atoms with E-state index >= 15 is 0 Å². The van der Waals surface area contributed by atoms with Crippen LogP contribution in [-0.4, -0.2) is 38.7 Å². The number of hydrogen-bond acceptors (Lipinski definition) is 5. The van der Waals surface area contributed by atoms with Crippen LogP contribution in [0.3, 0.4) is 0 Å². The molecule has 2 unspecified atom stereocenters. The minimum Gasteiger partial charge on any atom is -0.347 e. The number of benzene rings is 1. The van der Waals surface area contributed by atoms with Crippen molar-refractivity contribution in [2.75, 3.05) is 13.2 Å². The normalized spacial score (nSPS) is 28.9. The Morgan fingerprint density at radius 3 is 2.43 bits per heavy atom. The van der Waals surface area contributed by atoms with E-state index in [1.165, 1.54) is 0 Å². The Morgan fingerprint density at radius 1 is 1.19 bits per heavy atom. The highest BCUT2D eigenvalue weighted by Gasteiger charge is 2.48. The maximum atomic E-state index is 12.8. The minimum absolute atomic E-state index is 0.293. The van der Waals surface area contributed by atoms with Gasteiger partial charge in [0.1, 0.15) is 0 Å². The predicted molar refractivity (Wildman–Crippen MR) is 81.6 cm³/mol. The number of hydrogen-bond donors (Lipinski definition) is 1. The molecule has 3 rings (SSSR count). The minimum atomic E-state index is -3.50. The first-order valence-corrected chi connectivity index (χ1v) is 9.30. The van der Waals surface area contributed by atoms with E-state index in [9.17, 15) is 8.42 Å². The molecular weight excluding hydrogens is 358 g/mol. The predicted octanol–water partition coefficient (Wildman–Crippen LogP) is 1.85. The number of rotatable bonds is 2. The van der Waals surface area contributed by atoms with E-state index in [0.29, 0.717) is 37.4 Å². The van der Waals surface area contributed by atoms with E-state index < -0.39 is 26.9 Å². The summed E-state index contributed by atoms with van der Waals surface area (Å²) in [6.07, 6.45) is 1.54. The molecular formula is C14H18BrNO4S. The van der Waals surface area contributed by atoms with Gasteiger partial charge in [0.05, 0.1) is 23.4 Å². The zero-order valence-corrected chi connectivity index (χ0v) is 13.9. The van der Waals surface area contributed by atoms with Crippen LogP contribution in [0.1, 0.15) is 19.3 Å². The molecule has 0 radical (unpaired) electrons. The largest absolute Gasteiger partial charge is 0.347 e. The summed E-state index contributed by atoms with van der Waals surface area (Å²) in [7, 11) is -3.50. The van der Waals surface area contributed by atoms with Gasteiger partial charge in [-0.2, -0.15) is 0 Å². The van der Waals surface area contributed by atoms with Gasteiger partial charge in [0.2, 0.25) is 0 Å². The number of nitrogens with two attached hydrogens (primary N) is 1. The van der Waals surface area contributed by atoms with Crippen molar-refractivity contribution >= 4 is 25.8 Å². The van der Waals surface area contributed by atoms with Crippen LogP contribution in [0.4, 0.5) is 0 Å². The molecule has 1 aliphatic heterocycles. The Hall–Kier alpha value is -0.470. The van der Waals surface area contributed by atoms with Crippen LogP contribution in [0.15, 0.2) is 33.6 Å². The molecule has 1 aliphatic carbocycles. The summed E-state index contributed by atoms with van der Waals surface area (Å²) in [4.78, 5) is 0.293. The van der Waals surface area contributed by atoms with Gasteiger partial charge in [-0.1, -0.05) is 15.9 Å². The third-order valence-corrected chi connectivity index (χ3v) is 6.97. The van der Waals surface area contributed by atoms with E-state index in [4.69, 9.17) is 15.2 Å². The summed E-state index contributed by atoms with van der Waals surface area (Å²) in [6.45, 7) is 1.03. The van der Waals surface area contributed by atoms with E-state index in [1.54, 1.807) is 24.3 Å². The van der Waals surface area contributed by atoms with Crippen molar-refractivity contribution in [1.82, 2.24) is 0 Å². The molecule has 1 aromatic carbocycles. The highest BCUT2D eigenvalue weighted by atomic mass is 79.9. The Bertz CT molecular complexity index is 610. The van der Waals surface area contributed by atoms with E-state index in [-0.39, 0.29) is 0 Å². The molecule has 116 valence electrons. The summed E-state index contributed by atoms with van der Waals surface area (Å²) in [5, 5.41) is -0.675. The molecule has 2 aliphatic rings. The molecule has 1 saturated carbocycles. The highest BCUT2D eigenvalue weighted by Crippen LogP contribution is 2.39. The van der Waals surface area contributed by atoms with Crippen molar-refractivity contribution in [3.63, 3.8) is 0 Å². The molecule has 21 heavy (non-hydrogen) atoms. The van der Waals surface area contributed by atoms with Gasteiger partial charge in [0.15, 0.2) is 15.6 Å². The smallest absolute Gasteiger partial charge is 0.182 e. The third kappa shape index (κ3) is 2.90. The highest BCUT2D eigenvalue weighted by molar-refractivity contribution is 9.10. The van der Waals surface area contributed by atoms with Crippen molar-refractivity contribution in [1.29, 1.82) is 0 Å². The number of ether oxygens (including phenoxy) is 2. The van der Waals surface area contributed by atoms with Crippen LogP contribution in [0.5, 0.6) is 0 Å². The number of sulfone groups is 1. The molecule has 0 aromatic heterocycles. The van der Waals surface area contributed by atoms with Crippen molar-refractivity contribution in [2.45, 2.75) is 41.2 Å².